The average Bonchev–Trinajstić information content (AvgIpc) is 2.47. The summed E-state index contributed by atoms with van der Waals surface area (Å²) >= 11 is 5.74. The molecular formula is C15H11ClFNO3. The largest absolute Gasteiger partial charge is 0.454 e. The maximum absolute atomic E-state index is 13.4. The van der Waals surface area contributed by atoms with Crippen LogP contribution in [0, 0.1) is 5.82 Å². The van der Waals surface area contributed by atoms with Crippen LogP contribution in [0.4, 0.5) is 10.1 Å². The summed E-state index contributed by atoms with van der Waals surface area (Å²) in [5.41, 5.74) is 5.84. The Labute approximate surface area is 125 Å². The Hall–Kier alpha value is -2.40. The predicted molar refractivity (Wildman–Crippen MR) is 76.9 cm³/mol. The molecule has 2 aromatic rings. The summed E-state index contributed by atoms with van der Waals surface area (Å²) in [5.74, 6) is -2.01. The highest BCUT2D eigenvalue weighted by atomic mass is 35.5. The maximum atomic E-state index is 13.4. The van der Waals surface area contributed by atoms with E-state index < -0.39 is 24.2 Å². The fourth-order valence-electron chi connectivity index (χ4n) is 1.65. The van der Waals surface area contributed by atoms with E-state index in [0.29, 0.717) is 5.02 Å². The number of halogens is 2. The molecule has 0 saturated carbocycles. The predicted octanol–water partition coefficient (Wildman–Crippen LogP) is 3.10. The minimum absolute atomic E-state index is 0.124. The van der Waals surface area contributed by atoms with Crippen LogP contribution in [0.5, 0.6) is 0 Å². The summed E-state index contributed by atoms with van der Waals surface area (Å²) in [4.78, 5) is 23.5. The number of rotatable bonds is 4. The molecule has 2 aromatic carbocycles. The molecule has 0 fully saturated rings. The third-order valence-electron chi connectivity index (χ3n) is 2.74. The summed E-state index contributed by atoms with van der Waals surface area (Å²) in [6, 6.07) is 9.70. The molecule has 0 aliphatic carbocycles. The fraction of sp³-hybridized carbons (Fsp3) is 0.0667. The van der Waals surface area contributed by atoms with Gasteiger partial charge in [-0.15, -0.1) is 0 Å². The Balaban J connectivity index is 2.02. The van der Waals surface area contributed by atoms with E-state index in [1.807, 2.05) is 0 Å². The number of esters is 1. The van der Waals surface area contributed by atoms with Crippen molar-refractivity contribution < 1.29 is 18.7 Å². The number of benzene rings is 2. The van der Waals surface area contributed by atoms with Gasteiger partial charge in [0.25, 0.3) is 0 Å². The van der Waals surface area contributed by atoms with Gasteiger partial charge in [0.2, 0.25) is 5.78 Å². The minimum Gasteiger partial charge on any atom is -0.454 e. The number of carbonyl (C=O) groups is 2. The molecule has 108 valence electrons. The van der Waals surface area contributed by atoms with Crippen LogP contribution >= 0.6 is 11.6 Å². The van der Waals surface area contributed by atoms with E-state index in [1.54, 1.807) is 0 Å². The van der Waals surface area contributed by atoms with E-state index >= 15 is 0 Å². The second-order valence-electron chi connectivity index (χ2n) is 4.22. The molecule has 4 nitrogen and oxygen atoms in total. The van der Waals surface area contributed by atoms with Gasteiger partial charge in [-0.05, 0) is 30.3 Å². The molecule has 0 bridgehead atoms. The highest BCUT2D eigenvalue weighted by Crippen LogP contribution is 2.20. The number of nitrogens with two attached hydrogens (primary N) is 1. The van der Waals surface area contributed by atoms with Gasteiger partial charge in [0.1, 0.15) is 5.82 Å². The van der Waals surface area contributed by atoms with Crippen molar-refractivity contribution in [2.45, 2.75) is 0 Å². The van der Waals surface area contributed by atoms with Crippen molar-refractivity contribution >= 4 is 29.0 Å². The quantitative estimate of drug-likeness (QED) is 0.535. The normalized spacial score (nSPS) is 10.2. The van der Waals surface area contributed by atoms with Gasteiger partial charge in [-0.2, -0.15) is 0 Å². The lowest BCUT2D eigenvalue weighted by molar-refractivity contribution is 0.0473. The third-order valence-corrected chi connectivity index (χ3v) is 3.08. The van der Waals surface area contributed by atoms with Gasteiger partial charge in [-0.25, -0.2) is 9.18 Å². The number of hydrogen-bond acceptors (Lipinski definition) is 4. The second kappa shape index (κ2) is 6.37. The molecule has 0 saturated heterocycles. The monoisotopic (exact) mass is 307 g/mol. The van der Waals surface area contributed by atoms with Crippen molar-refractivity contribution in [2.24, 2.45) is 0 Å². The van der Waals surface area contributed by atoms with E-state index in [2.05, 4.69) is 0 Å². The Kier molecular flexibility index (Phi) is 4.55. The van der Waals surface area contributed by atoms with Crippen molar-refractivity contribution in [3.63, 3.8) is 0 Å². The van der Waals surface area contributed by atoms with E-state index in [1.165, 1.54) is 36.4 Å². The van der Waals surface area contributed by atoms with Crippen LogP contribution in [-0.2, 0) is 4.74 Å². The van der Waals surface area contributed by atoms with E-state index in [0.717, 1.165) is 6.07 Å². The standard InChI is InChI=1S/C15H11ClFNO3/c16-11-6-5-9(7-13(11)18)15(20)21-8-14(19)10-3-1-2-4-12(10)17/h1-7H,8,18H2. The number of hydrogen-bond donors (Lipinski definition) is 1. The van der Waals surface area contributed by atoms with Crippen LogP contribution in [0.1, 0.15) is 20.7 Å². The molecule has 0 aliphatic heterocycles. The van der Waals surface area contributed by atoms with Crippen molar-refractivity contribution in [2.75, 3.05) is 12.3 Å². The Bertz CT molecular complexity index is 703. The first-order valence-electron chi connectivity index (χ1n) is 5.99. The van der Waals surface area contributed by atoms with Gasteiger partial charge in [-0.3, -0.25) is 4.79 Å². The van der Waals surface area contributed by atoms with Gasteiger partial charge in [0.15, 0.2) is 6.61 Å². The number of ketones is 1. The molecule has 0 aromatic heterocycles. The Morgan fingerprint density at radius 1 is 1.19 bits per heavy atom. The van der Waals surface area contributed by atoms with E-state index in [4.69, 9.17) is 22.1 Å². The molecule has 0 unspecified atom stereocenters. The lowest BCUT2D eigenvalue weighted by atomic mass is 10.1. The summed E-state index contributed by atoms with van der Waals surface area (Å²) < 4.78 is 18.2. The number of nitrogen functional groups attached to an aromatic ring is 1. The Morgan fingerprint density at radius 2 is 1.90 bits per heavy atom. The highest BCUT2D eigenvalue weighted by molar-refractivity contribution is 6.33. The molecule has 6 heteroatoms. The molecule has 0 amide bonds. The lowest BCUT2D eigenvalue weighted by Gasteiger charge is -2.06. The third kappa shape index (κ3) is 3.58. The van der Waals surface area contributed by atoms with Crippen molar-refractivity contribution in [1.29, 1.82) is 0 Å². The summed E-state index contributed by atoms with van der Waals surface area (Å²) in [5, 5.41) is 0.314. The molecule has 0 radical (unpaired) electrons. The number of ether oxygens (including phenoxy) is 1. The van der Waals surface area contributed by atoms with E-state index in [-0.39, 0.29) is 16.8 Å². The molecular weight excluding hydrogens is 297 g/mol. The van der Waals surface area contributed by atoms with E-state index in [9.17, 15) is 14.0 Å². The van der Waals surface area contributed by atoms with Gasteiger partial charge < -0.3 is 10.5 Å². The minimum atomic E-state index is -0.733. The zero-order chi connectivity index (χ0) is 15.4. The maximum Gasteiger partial charge on any atom is 0.338 e. The van der Waals surface area contributed by atoms with Crippen molar-refractivity contribution in [1.82, 2.24) is 0 Å². The number of anilines is 1. The SMILES string of the molecule is Nc1cc(C(=O)OCC(=O)c2ccccc2F)ccc1Cl. The number of Topliss-reactive ketones (excluding diaryl/α,β-unsaturated/α-hetero) is 1. The van der Waals surface area contributed by atoms with Gasteiger partial charge >= 0.3 is 5.97 Å². The first-order chi connectivity index (χ1) is 9.99. The van der Waals surface area contributed by atoms with Crippen molar-refractivity contribution in [3.8, 4) is 0 Å². The number of carbonyl (C=O) groups excluding carboxylic acids is 2. The second-order valence-corrected chi connectivity index (χ2v) is 4.62. The molecule has 0 heterocycles. The van der Waals surface area contributed by atoms with Crippen LogP contribution < -0.4 is 5.73 Å². The van der Waals surface area contributed by atoms with Crippen LogP contribution in [0.15, 0.2) is 42.5 Å². The molecule has 2 N–H and O–H groups in total. The molecule has 21 heavy (non-hydrogen) atoms. The van der Waals surface area contributed by atoms with Crippen molar-refractivity contribution in [3.05, 3.63) is 64.4 Å². The van der Waals surface area contributed by atoms with Crippen LogP contribution in [-0.4, -0.2) is 18.4 Å². The smallest absolute Gasteiger partial charge is 0.338 e. The fourth-order valence-corrected chi connectivity index (χ4v) is 1.77. The summed E-state index contributed by atoms with van der Waals surface area (Å²) in [7, 11) is 0. The molecule has 0 aliphatic rings. The summed E-state index contributed by atoms with van der Waals surface area (Å²) in [6.45, 7) is -0.553. The zero-order valence-electron chi connectivity index (χ0n) is 10.8. The topological polar surface area (TPSA) is 69.4 Å². The molecule has 0 spiro atoms. The molecule has 2 rings (SSSR count). The van der Waals surface area contributed by atoms with Crippen LogP contribution in [0.2, 0.25) is 5.02 Å². The molecule has 0 atom stereocenters. The van der Waals surface area contributed by atoms with Gasteiger partial charge in [0, 0.05) is 0 Å². The lowest BCUT2D eigenvalue weighted by Crippen LogP contribution is -2.15. The zero-order valence-corrected chi connectivity index (χ0v) is 11.6. The van der Waals surface area contributed by atoms with Gasteiger partial charge in [-0.1, -0.05) is 23.7 Å². The van der Waals surface area contributed by atoms with Crippen LogP contribution in [0.25, 0.3) is 0 Å². The van der Waals surface area contributed by atoms with Crippen LogP contribution in [0.3, 0.4) is 0 Å². The highest BCUT2D eigenvalue weighted by Gasteiger charge is 2.15. The average molecular weight is 308 g/mol. The summed E-state index contributed by atoms with van der Waals surface area (Å²) in [6.07, 6.45) is 0. The first-order valence-corrected chi connectivity index (χ1v) is 6.36. The first kappa shape index (κ1) is 15.0. The Morgan fingerprint density at radius 3 is 2.57 bits per heavy atom. The van der Waals surface area contributed by atoms with Gasteiger partial charge in [0.05, 0.1) is 21.8 Å².